The van der Waals surface area contributed by atoms with E-state index < -0.39 is 22.7 Å². The molecule has 0 saturated carbocycles. The Morgan fingerprint density at radius 3 is 2.57 bits per heavy atom. The first-order chi connectivity index (χ1) is 10.9. The molecule has 0 aliphatic heterocycles. The van der Waals surface area contributed by atoms with Gasteiger partial charge in [0.2, 0.25) is 5.95 Å². The molecule has 23 heavy (non-hydrogen) atoms. The number of benzene rings is 1. The Balaban J connectivity index is 2.01. The van der Waals surface area contributed by atoms with Crippen LogP contribution in [0.4, 0.5) is 19.1 Å². The average Bonchev–Trinajstić information content (AvgIpc) is 3.16. The first-order valence-electron chi connectivity index (χ1n) is 6.25. The number of rotatable bonds is 3. The van der Waals surface area contributed by atoms with Crippen molar-refractivity contribution >= 4 is 23.2 Å². The highest BCUT2D eigenvalue weighted by molar-refractivity contribution is 7.17. The summed E-state index contributed by atoms with van der Waals surface area (Å²) in [6, 6.07) is 8.34. The van der Waals surface area contributed by atoms with Crippen molar-refractivity contribution in [2.75, 3.05) is 5.32 Å². The quantitative estimate of drug-likeness (QED) is 0.767. The van der Waals surface area contributed by atoms with Crippen LogP contribution >= 0.6 is 11.3 Å². The van der Waals surface area contributed by atoms with Crippen molar-refractivity contribution in [1.29, 1.82) is 0 Å². The van der Waals surface area contributed by atoms with Crippen molar-refractivity contribution in [1.82, 2.24) is 20.2 Å². The Morgan fingerprint density at radius 1 is 1.22 bits per heavy atom. The molecule has 6 nitrogen and oxygen atoms in total. The molecular formula is C13H8F3N5OS. The van der Waals surface area contributed by atoms with Crippen LogP contribution in [-0.2, 0) is 6.18 Å². The van der Waals surface area contributed by atoms with E-state index in [-0.39, 0.29) is 11.0 Å². The maximum Gasteiger partial charge on any atom is 0.435 e. The summed E-state index contributed by atoms with van der Waals surface area (Å²) in [6.07, 6.45) is -3.61. The highest BCUT2D eigenvalue weighted by atomic mass is 32.1. The Kier molecular flexibility index (Phi) is 3.82. The van der Waals surface area contributed by atoms with Crippen molar-refractivity contribution in [3.8, 4) is 10.6 Å². The van der Waals surface area contributed by atoms with Crippen molar-refractivity contribution in [2.45, 2.75) is 6.18 Å². The van der Waals surface area contributed by atoms with Gasteiger partial charge in [-0.15, -0.1) is 11.3 Å². The summed E-state index contributed by atoms with van der Waals surface area (Å²) in [5.41, 5.74) is -0.722. The third kappa shape index (κ3) is 3.21. The van der Waals surface area contributed by atoms with Gasteiger partial charge in [0.25, 0.3) is 5.91 Å². The summed E-state index contributed by atoms with van der Waals surface area (Å²) in [5, 5.41) is 8.18. The van der Waals surface area contributed by atoms with Crippen molar-refractivity contribution in [2.24, 2.45) is 0 Å². The minimum absolute atomic E-state index is 0.0437. The molecule has 3 rings (SSSR count). The SMILES string of the molecule is O=C(Nc1ncn[nH]1)c1sc(-c2ccccc2)nc1C(F)(F)F. The van der Waals surface area contributed by atoms with E-state index in [0.29, 0.717) is 16.9 Å². The monoisotopic (exact) mass is 339 g/mol. The molecule has 2 aromatic heterocycles. The lowest BCUT2D eigenvalue weighted by Gasteiger charge is -2.05. The molecule has 2 heterocycles. The third-order valence-corrected chi connectivity index (χ3v) is 3.87. The molecular weight excluding hydrogens is 331 g/mol. The maximum atomic E-state index is 13.1. The number of H-pyrrole nitrogens is 1. The fraction of sp³-hybridized carbons (Fsp3) is 0.0769. The molecule has 1 amide bonds. The van der Waals surface area contributed by atoms with Gasteiger partial charge in [-0.2, -0.15) is 23.3 Å². The molecule has 0 fully saturated rings. The third-order valence-electron chi connectivity index (χ3n) is 2.77. The lowest BCUT2D eigenvalue weighted by atomic mass is 10.2. The van der Waals surface area contributed by atoms with E-state index in [1.54, 1.807) is 30.3 Å². The Labute approximate surface area is 131 Å². The summed E-state index contributed by atoms with van der Waals surface area (Å²) in [4.78, 5) is 18.8. The van der Waals surface area contributed by atoms with Gasteiger partial charge in [0.15, 0.2) is 5.69 Å². The number of nitrogens with zero attached hydrogens (tertiary/aromatic N) is 3. The van der Waals surface area contributed by atoms with Crippen LogP contribution in [0.1, 0.15) is 15.4 Å². The molecule has 2 N–H and O–H groups in total. The smallest absolute Gasteiger partial charge is 0.290 e. The zero-order valence-electron chi connectivity index (χ0n) is 11.3. The molecule has 0 bridgehead atoms. The van der Waals surface area contributed by atoms with Crippen LogP contribution in [0.2, 0.25) is 0 Å². The van der Waals surface area contributed by atoms with E-state index in [1.807, 2.05) is 0 Å². The van der Waals surface area contributed by atoms with Gasteiger partial charge in [0.05, 0.1) is 0 Å². The van der Waals surface area contributed by atoms with Crippen molar-refractivity contribution in [3.63, 3.8) is 0 Å². The summed E-state index contributed by atoms with van der Waals surface area (Å²) >= 11 is 0.664. The zero-order chi connectivity index (χ0) is 16.4. The molecule has 0 unspecified atom stereocenters. The number of hydrogen-bond donors (Lipinski definition) is 2. The summed E-state index contributed by atoms with van der Waals surface area (Å²) in [5.74, 6) is -0.994. The highest BCUT2D eigenvalue weighted by Crippen LogP contribution is 2.37. The molecule has 0 atom stereocenters. The number of carbonyl (C=O) groups excluding carboxylic acids is 1. The molecule has 0 radical (unpaired) electrons. The lowest BCUT2D eigenvalue weighted by molar-refractivity contribution is -0.140. The number of alkyl halides is 3. The maximum absolute atomic E-state index is 13.1. The van der Waals surface area contributed by atoms with Gasteiger partial charge in [0.1, 0.15) is 16.2 Å². The molecule has 10 heteroatoms. The molecule has 0 aliphatic rings. The van der Waals surface area contributed by atoms with E-state index in [0.717, 1.165) is 6.33 Å². The second-order valence-electron chi connectivity index (χ2n) is 4.35. The number of halogens is 3. The van der Waals surface area contributed by atoms with Crippen LogP contribution in [0.5, 0.6) is 0 Å². The minimum atomic E-state index is -4.74. The van der Waals surface area contributed by atoms with Crippen molar-refractivity contribution in [3.05, 3.63) is 47.2 Å². The van der Waals surface area contributed by atoms with Gasteiger partial charge in [-0.1, -0.05) is 30.3 Å². The lowest BCUT2D eigenvalue weighted by Crippen LogP contribution is -2.17. The van der Waals surface area contributed by atoms with Gasteiger partial charge < -0.3 is 0 Å². The number of aromatic nitrogens is 4. The van der Waals surface area contributed by atoms with Crippen molar-refractivity contribution < 1.29 is 18.0 Å². The normalized spacial score (nSPS) is 11.4. The van der Waals surface area contributed by atoms with Crippen LogP contribution in [0.15, 0.2) is 36.7 Å². The molecule has 1 aromatic carbocycles. The molecule has 3 aromatic rings. The van der Waals surface area contributed by atoms with Crippen LogP contribution in [0, 0.1) is 0 Å². The predicted molar refractivity (Wildman–Crippen MR) is 76.9 cm³/mol. The number of aromatic amines is 1. The Morgan fingerprint density at radius 2 is 1.96 bits per heavy atom. The average molecular weight is 339 g/mol. The van der Waals surface area contributed by atoms with Crippen LogP contribution < -0.4 is 5.32 Å². The number of hydrogen-bond acceptors (Lipinski definition) is 5. The van der Waals surface area contributed by atoms with Gasteiger partial charge >= 0.3 is 6.18 Å². The number of anilines is 1. The number of carbonyl (C=O) groups is 1. The van der Waals surface area contributed by atoms with Gasteiger partial charge in [-0.25, -0.2) is 10.1 Å². The Hall–Kier alpha value is -2.75. The first kappa shape index (κ1) is 15.2. The van der Waals surface area contributed by atoms with E-state index >= 15 is 0 Å². The fourth-order valence-electron chi connectivity index (χ4n) is 1.80. The minimum Gasteiger partial charge on any atom is -0.290 e. The van der Waals surface area contributed by atoms with Crippen LogP contribution in [0.3, 0.4) is 0 Å². The standard InChI is InChI=1S/C13H8F3N5OS/c14-13(15,16)9-8(10(22)20-12-17-6-18-21-12)23-11(19-9)7-4-2-1-3-5-7/h1-6H,(H2,17,18,20,21,22). The van der Waals surface area contributed by atoms with E-state index in [2.05, 4.69) is 25.5 Å². The highest BCUT2D eigenvalue weighted by Gasteiger charge is 2.39. The van der Waals surface area contributed by atoms with E-state index in [9.17, 15) is 18.0 Å². The Bertz CT molecular complexity index is 814. The van der Waals surface area contributed by atoms with Gasteiger partial charge in [-0.05, 0) is 0 Å². The topological polar surface area (TPSA) is 83.6 Å². The number of nitrogens with one attached hydrogen (secondary N) is 2. The molecule has 0 aliphatic carbocycles. The summed E-state index contributed by atoms with van der Waals surface area (Å²) in [7, 11) is 0. The van der Waals surface area contributed by atoms with E-state index in [4.69, 9.17) is 0 Å². The van der Waals surface area contributed by atoms with Gasteiger partial charge in [0, 0.05) is 5.56 Å². The number of thiazole rings is 1. The predicted octanol–water partition coefficient (Wildman–Crippen LogP) is 3.20. The van der Waals surface area contributed by atoms with Crippen LogP contribution in [0.25, 0.3) is 10.6 Å². The molecule has 118 valence electrons. The first-order valence-corrected chi connectivity index (χ1v) is 7.07. The second-order valence-corrected chi connectivity index (χ2v) is 5.35. The van der Waals surface area contributed by atoms with Crippen LogP contribution in [-0.4, -0.2) is 26.1 Å². The van der Waals surface area contributed by atoms with E-state index in [1.165, 1.54) is 0 Å². The van der Waals surface area contributed by atoms with Gasteiger partial charge in [-0.3, -0.25) is 10.1 Å². The largest absolute Gasteiger partial charge is 0.435 e. The zero-order valence-corrected chi connectivity index (χ0v) is 12.1. The summed E-state index contributed by atoms with van der Waals surface area (Å²) in [6.45, 7) is 0. The molecule has 0 spiro atoms. The fourth-order valence-corrected chi connectivity index (χ4v) is 2.79. The molecule has 0 saturated heterocycles. The summed E-state index contributed by atoms with van der Waals surface area (Å²) < 4.78 is 39.4. The number of amides is 1. The second kappa shape index (κ2) is 5.80.